The molecule has 1 aliphatic rings. The molecule has 0 bridgehead atoms. The summed E-state index contributed by atoms with van der Waals surface area (Å²) in [5.74, 6) is 0. The maximum atomic E-state index is 7.13. The second-order valence-electron chi connectivity index (χ2n) is 9.85. The van der Waals surface area contributed by atoms with Crippen molar-refractivity contribution < 1.29 is 9.47 Å². The van der Waals surface area contributed by atoms with Crippen molar-refractivity contribution in [2.45, 2.75) is 77.4 Å². The second-order valence-corrected chi connectivity index (χ2v) is 9.85. The predicted molar refractivity (Wildman–Crippen MR) is 154 cm³/mol. The molecule has 5 rings (SSSR count). The number of rotatable bonds is 12. The average molecular weight is 483 g/mol. The van der Waals surface area contributed by atoms with Gasteiger partial charge in [0.05, 0.1) is 25.4 Å². The first-order chi connectivity index (χ1) is 17.8. The van der Waals surface area contributed by atoms with E-state index in [1.54, 1.807) is 0 Å². The van der Waals surface area contributed by atoms with Crippen molar-refractivity contribution in [3.8, 4) is 0 Å². The molecular formula is C34H42O2. The number of unbranched alkanes of at least 4 members (excludes halogenated alkanes) is 4. The van der Waals surface area contributed by atoms with Crippen molar-refractivity contribution in [2.75, 3.05) is 13.2 Å². The van der Waals surface area contributed by atoms with E-state index in [1.165, 1.54) is 71.2 Å². The van der Waals surface area contributed by atoms with Crippen LogP contribution in [-0.2, 0) is 9.47 Å². The molecule has 1 heterocycles. The van der Waals surface area contributed by atoms with Gasteiger partial charge in [0.2, 0.25) is 0 Å². The van der Waals surface area contributed by atoms with Gasteiger partial charge >= 0.3 is 0 Å². The fourth-order valence-electron chi connectivity index (χ4n) is 5.01. The Hall–Kier alpha value is -2.68. The zero-order valence-electron chi connectivity index (χ0n) is 22.1. The summed E-state index contributed by atoms with van der Waals surface area (Å²) in [5, 5.41) is 5.25. The number of benzene rings is 4. The minimum atomic E-state index is 0.105. The van der Waals surface area contributed by atoms with Crippen LogP contribution in [-0.4, -0.2) is 13.2 Å². The first-order valence-corrected chi connectivity index (χ1v) is 14.0. The van der Waals surface area contributed by atoms with Gasteiger partial charge in [-0.1, -0.05) is 137 Å². The van der Waals surface area contributed by atoms with E-state index in [9.17, 15) is 0 Å². The molecular weight excluding hydrogens is 440 g/mol. The Kier molecular flexibility index (Phi) is 10.4. The van der Waals surface area contributed by atoms with Gasteiger partial charge in [-0.25, -0.2) is 0 Å². The van der Waals surface area contributed by atoms with Crippen molar-refractivity contribution in [3.05, 3.63) is 96.1 Å². The van der Waals surface area contributed by atoms with Crippen molar-refractivity contribution in [1.82, 2.24) is 0 Å². The average Bonchev–Trinajstić information content (AvgIpc) is 3.81. The van der Waals surface area contributed by atoms with Gasteiger partial charge < -0.3 is 9.47 Å². The fourth-order valence-corrected chi connectivity index (χ4v) is 5.01. The third-order valence-corrected chi connectivity index (χ3v) is 7.01. The van der Waals surface area contributed by atoms with Gasteiger partial charge in [0.25, 0.3) is 0 Å². The van der Waals surface area contributed by atoms with Crippen LogP contribution in [0.5, 0.6) is 0 Å². The third-order valence-electron chi connectivity index (χ3n) is 7.01. The van der Waals surface area contributed by atoms with Crippen LogP contribution >= 0.6 is 0 Å². The second kappa shape index (κ2) is 14.2. The highest BCUT2D eigenvalue weighted by molar-refractivity contribution is 5.87. The number of hydrogen-bond donors (Lipinski definition) is 0. The number of fused-ring (bicyclic) bond motifs is 2. The molecule has 2 nitrogen and oxygen atoms in total. The van der Waals surface area contributed by atoms with Crippen LogP contribution in [0.25, 0.3) is 21.5 Å². The van der Waals surface area contributed by atoms with E-state index in [1.807, 2.05) is 0 Å². The maximum absolute atomic E-state index is 7.13. The minimum Gasteiger partial charge on any atom is -0.377 e. The molecule has 0 spiro atoms. The molecule has 2 unspecified atom stereocenters. The van der Waals surface area contributed by atoms with Crippen LogP contribution in [0.15, 0.2) is 84.9 Å². The molecule has 4 aromatic rings. The fraction of sp³-hybridized carbons (Fsp3) is 0.412. The summed E-state index contributed by atoms with van der Waals surface area (Å²) in [6.45, 7) is 6.55. The van der Waals surface area contributed by atoms with Gasteiger partial charge in [0.1, 0.15) is 0 Å². The Labute approximate surface area is 217 Å². The number of ether oxygens (including phenoxy) is 2. The topological polar surface area (TPSA) is 21.8 Å². The summed E-state index contributed by atoms with van der Waals surface area (Å²) in [7, 11) is 0. The van der Waals surface area contributed by atoms with Crippen LogP contribution in [0.4, 0.5) is 0 Å². The highest BCUT2D eigenvalue weighted by Gasteiger charge is 2.22. The van der Waals surface area contributed by atoms with Gasteiger partial charge in [0.15, 0.2) is 0 Å². The first kappa shape index (κ1) is 26.4. The molecule has 0 aliphatic carbocycles. The molecule has 190 valence electrons. The Morgan fingerprint density at radius 1 is 0.583 bits per heavy atom. The monoisotopic (exact) mass is 482 g/mol. The Bertz CT molecular complexity index is 1090. The van der Waals surface area contributed by atoms with Gasteiger partial charge in [0, 0.05) is 0 Å². The molecule has 0 saturated carbocycles. The number of hydrogen-bond acceptors (Lipinski definition) is 2. The van der Waals surface area contributed by atoms with E-state index >= 15 is 0 Å². The van der Waals surface area contributed by atoms with Gasteiger partial charge in [-0.3, -0.25) is 0 Å². The lowest BCUT2D eigenvalue weighted by Crippen LogP contribution is -2.12. The van der Waals surface area contributed by atoms with Gasteiger partial charge in [-0.05, 0) is 45.5 Å². The quantitative estimate of drug-likeness (QED) is 0.148. The maximum Gasteiger partial charge on any atom is 0.0839 e. The highest BCUT2D eigenvalue weighted by atomic mass is 16.6. The lowest BCUT2D eigenvalue weighted by Gasteiger charge is -2.28. The van der Waals surface area contributed by atoms with Crippen molar-refractivity contribution in [3.63, 3.8) is 0 Å². The smallest absolute Gasteiger partial charge is 0.0839 e. The summed E-state index contributed by atoms with van der Waals surface area (Å²) in [5.41, 5.74) is 2.68. The van der Waals surface area contributed by atoms with Crippen molar-refractivity contribution in [2.24, 2.45) is 0 Å². The van der Waals surface area contributed by atoms with Crippen LogP contribution in [0.3, 0.4) is 0 Å². The van der Waals surface area contributed by atoms with Gasteiger partial charge in [-0.15, -0.1) is 0 Å². The molecule has 0 amide bonds. The molecule has 1 aliphatic heterocycles. The molecule has 2 atom stereocenters. The Morgan fingerprint density at radius 3 is 1.42 bits per heavy atom. The zero-order chi connectivity index (χ0) is 25.0. The minimum absolute atomic E-state index is 0.105. The molecule has 0 N–H and O–H groups in total. The van der Waals surface area contributed by atoms with Crippen LogP contribution in [0.1, 0.15) is 88.5 Å². The summed E-state index contributed by atoms with van der Waals surface area (Å²) in [6.07, 6.45) is 9.69. The van der Waals surface area contributed by atoms with Crippen molar-refractivity contribution in [1.29, 1.82) is 0 Å². The predicted octanol–water partition coefficient (Wildman–Crippen LogP) is 9.97. The first-order valence-electron chi connectivity index (χ1n) is 14.0. The van der Waals surface area contributed by atoms with Crippen molar-refractivity contribution >= 4 is 21.5 Å². The Morgan fingerprint density at radius 2 is 1.00 bits per heavy atom. The molecule has 4 aromatic carbocycles. The molecule has 1 fully saturated rings. The van der Waals surface area contributed by atoms with E-state index in [-0.39, 0.29) is 12.2 Å². The van der Waals surface area contributed by atoms with E-state index < -0.39 is 0 Å². The largest absolute Gasteiger partial charge is 0.377 e. The lowest BCUT2D eigenvalue weighted by molar-refractivity contribution is -0.0248. The van der Waals surface area contributed by atoms with E-state index in [4.69, 9.17) is 4.74 Å². The Balaban J connectivity index is 0.000000943. The van der Waals surface area contributed by atoms with E-state index in [2.05, 4.69) is 104 Å². The zero-order valence-corrected chi connectivity index (χ0v) is 22.1. The van der Waals surface area contributed by atoms with Crippen LogP contribution in [0.2, 0.25) is 0 Å². The molecule has 0 aromatic heterocycles. The summed E-state index contributed by atoms with van der Waals surface area (Å²) in [6, 6.07) is 30.9. The molecule has 36 heavy (non-hydrogen) atoms. The van der Waals surface area contributed by atoms with Gasteiger partial charge in [-0.2, -0.15) is 0 Å². The molecule has 2 heteroatoms. The molecule has 0 radical (unpaired) electrons. The summed E-state index contributed by atoms with van der Waals surface area (Å²) < 4.78 is 11.6. The van der Waals surface area contributed by atoms with Crippen LogP contribution in [0, 0.1) is 0 Å². The summed E-state index contributed by atoms with van der Waals surface area (Å²) >= 11 is 0. The van der Waals surface area contributed by atoms with E-state index in [0.717, 1.165) is 26.1 Å². The SMILES string of the molecule is C1CO1.CCCCCC(OC(CCCCC)c1cccc2ccccc12)c1cccc2ccccc12. The highest BCUT2D eigenvalue weighted by Crippen LogP contribution is 2.38. The lowest BCUT2D eigenvalue weighted by atomic mass is 9.94. The summed E-state index contributed by atoms with van der Waals surface area (Å²) in [4.78, 5) is 0. The van der Waals surface area contributed by atoms with Crippen LogP contribution < -0.4 is 0 Å². The number of epoxide rings is 1. The standard InChI is InChI=1S/C32H38O.C2H4O/c1-3-5-7-23-31(29-21-13-17-25-15-9-11-19-27(25)29)33-32(24-8-6-4-2)30-22-14-18-26-16-10-12-20-28(26)30;1-2-3-1/h9-22,31-32H,3-8,23-24H2,1-2H3;1-2H2. The normalized spacial score (nSPS) is 14.3. The van der Waals surface area contributed by atoms with E-state index in [0.29, 0.717) is 0 Å². The third kappa shape index (κ3) is 7.41. The molecule has 1 saturated heterocycles.